The van der Waals surface area contributed by atoms with Crippen LogP contribution in [0.5, 0.6) is 0 Å². The van der Waals surface area contributed by atoms with Crippen LogP contribution < -0.4 is 0 Å². The van der Waals surface area contributed by atoms with E-state index in [1.54, 1.807) is 0 Å². The molecule has 0 saturated carbocycles. The lowest BCUT2D eigenvalue weighted by molar-refractivity contribution is 0.176. The van der Waals surface area contributed by atoms with Gasteiger partial charge in [0.25, 0.3) is 0 Å². The van der Waals surface area contributed by atoms with Gasteiger partial charge in [-0.3, -0.25) is 0 Å². The van der Waals surface area contributed by atoms with Crippen LogP contribution in [0.2, 0.25) is 0 Å². The molecule has 0 aromatic carbocycles. The van der Waals surface area contributed by atoms with Crippen molar-refractivity contribution in [3.63, 3.8) is 0 Å². The van der Waals surface area contributed by atoms with Gasteiger partial charge in [-0.25, -0.2) is 0 Å². The minimum atomic E-state index is 0.227. The summed E-state index contributed by atoms with van der Waals surface area (Å²) in [6, 6.07) is 0. The SMILES string of the molecule is CCC1=C(C(C)(C)CC)C(C)(C)CO1. The molecule has 0 unspecified atom stereocenters. The lowest BCUT2D eigenvalue weighted by Gasteiger charge is -2.33. The summed E-state index contributed by atoms with van der Waals surface area (Å²) in [5, 5.41) is 0. The zero-order chi connectivity index (χ0) is 11.0. The minimum absolute atomic E-state index is 0.227. The topological polar surface area (TPSA) is 9.23 Å². The molecule has 1 nitrogen and oxygen atoms in total. The normalized spacial score (nSPS) is 21.3. The molecule has 1 aliphatic rings. The molecular formula is C13H24O. The Kier molecular flexibility index (Phi) is 2.99. The molecule has 0 amide bonds. The Balaban J connectivity index is 3.13. The summed E-state index contributed by atoms with van der Waals surface area (Å²) in [6.07, 6.45) is 2.21. The third-order valence-electron chi connectivity index (χ3n) is 3.44. The summed E-state index contributed by atoms with van der Waals surface area (Å²) >= 11 is 0. The van der Waals surface area contributed by atoms with Gasteiger partial charge in [0, 0.05) is 11.8 Å². The van der Waals surface area contributed by atoms with Crippen LogP contribution in [0.15, 0.2) is 11.3 Å². The van der Waals surface area contributed by atoms with Crippen LogP contribution >= 0.6 is 0 Å². The van der Waals surface area contributed by atoms with Crippen LogP contribution in [0, 0.1) is 10.8 Å². The molecule has 0 N–H and O–H groups in total. The first-order valence-corrected chi connectivity index (χ1v) is 5.72. The Bertz CT molecular complexity index is 246. The molecule has 0 aromatic rings. The number of rotatable bonds is 3. The van der Waals surface area contributed by atoms with Gasteiger partial charge in [-0.05, 0) is 17.4 Å². The van der Waals surface area contributed by atoms with Crippen molar-refractivity contribution in [2.45, 2.75) is 54.4 Å². The van der Waals surface area contributed by atoms with Gasteiger partial charge in [-0.1, -0.05) is 41.5 Å². The highest BCUT2D eigenvalue weighted by Gasteiger charge is 2.41. The molecule has 82 valence electrons. The molecule has 0 saturated heterocycles. The van der Waals surface area contributed by atoms with Crippen molar-refractivity contribution in [3.05, 3.63) is 11.3 Å². The standard InChI is InChI=1S/C13H24O/c1-7-10-11(12(3,4)8-2)13(5,6)9-14-10/h7-9H2,1-6H3. The Morgan fingerprint density at radius 3 is 2.29 bits per heavy atom. The van der Waals surface area contributed by atoms with Gasteiger partial charge in [-0.2, -0.15) is 0 Å². The number of hydrogen-bond acceptors (Lipinski definition) is 1. The Hall–Kier alpha value is -0.460. The van der Waals surface area contributed by atoms with E-state index < -0.39 is 0 Å². The van der Waals surface area contributed by atoms with Crippen molar-refractivity contribution < 1.29 is 4.74 Å². The summed E-state index contributed by atoms with van der Waals surface area (Å²) in [6.45, 7) is 14.5. The third kappa shape index (κ3) is 1.82. The predicted octanol–water partition coefficient (Wildman–Crippen LogP) is 4.14. The summed E-state index contributed by atoms with van der Waals surface area (Å²) in [4.78, 5) is 0. The summed E-state index contributed by atoms with van der Waals surface area (Å²) < 4.78 is 5.80. The van der Waals surface area contributed by atoms with E-state index in [9.17, 15) is 0 Å². The monoisotopic (exact) mass is 196 g/mol. The second-order valence-corrected chi connectivity index (χ2v) is 5.56. The highest BCUT2D eigenvalue weighted by Crippen LogP contribution is 2.48. The smallest absolute Gasteiger partial charge is 0.0966 e. The maximum absolute atomic E-state index is 5.80. The number of ether oxygens (including phenoxy) is 1. The van der Waals surface area contributed by atoms with Crippen molar-refractivity contribution in [1.29, 1.82) is 0 Å². The quantitative estimate of drug-likeness (QED) is 0.659. The minimum Gasteiger partial charge on any atom is -0.497 e. The Morgan fingerprint density at radius 1 is 1.29 bits per heavy atom. The van der Waals surface area contributed by atoms with Crippen molar-refractivity contribution in [3.8, 4) is 0 Å². The van der Waals surface area contributed by atoms with E-state index in [2.05, 4.69) is 41.5 Å². The van der Waals surface area contributed by atoms with E-state index >= 15 is 0 Å². The largest absolute Gasteiger partial charge is 0.497 e. The highest BCUT2D eigenvalue weighted by molar-refractivity contribution is 5.27. The van der Waals surface area contributed by atoms with Crippen LogP contribution in [0.25, 0.3) is 0 Å². The van der Waals surface area contributed by atoms with Gasteiger partial charge in [0.15, 0.2) is 0 Å². The van der Waals surface area contributed by atoms with Crippen molar-refractivity contribution in [2.24, 2.45) is 10.8 Å². The number of hydrogen-bond donors (Lipinski definition) is 0. The maximum Gasteiger partial charge on any atom is 0.0966 e. The average Bonchev–Trinajstić information content (AvgIpc) is 2.41. The van der Waals surface area contributed by atoms with Gasteiger partial charge < -0.3 is 4.74 Å². The molecule has 0 atom stereocenters. The molecule has 14 heavy (non-hydrogen) atoms. The fourth-order valence-electron chi connectivity index (χ4n) is 2.54. The first-order valence-electron chi connectivity index (χ1n) is 5.72. The van der Waals surface area contributed by atoms with Crippen molar-refractivity contribution in [2.75, 3.05) is 6.61 Å². The second-order valence-electron chi connectivity index (χ2n) is 5.56. The molecule has 1 rings (SSSR count). The molecule has 1 heteroatoms. The summed E-state index contributed by atoms with van der Waals surface area (Å²) in [7, 11) is 0. The molecule has 0 aromatic heterocycles. The lowest BCUT2D eigenvalue weighted by Crippen LogP contribution is -2.26. The third-order valence-corrected chi connectivity index (χ3v) is 3.44. The molecule has 0 bridgehead atoms. The highest BCUT2D eigenvalue weighted by atomic mass is 16.5. The maximum atomic E-state index is 5.80. The van der Waals surface area contributed by atoms with E-state index in [0.29, 0.717) is 0 Å². The average molecular weight is 196 g/mol. The zero-order valence-corrected chi connectivity index (χ0v) is 10.5. The molecule has 0 radical (unpaired) electrons. The molecule has 1 heterocycles. The molecule has 1 aliphatic heterocycles. The van der Waals surface area contributed by atoms with Crippen LogP contribution in [0.3, 0.4) is 0 Å². The Morgan fingerprint density at radius 2 is 1.86 bits per heavy atom. The van der Waals surface area contributed by atoms with Gasteiger partial charge >= 0.3 is 0 Å². The van der Waals surface area contributed by atoms with Crippen LogP contribution in [0.1, 0.15) is 54.4 Å². The van der Waals surface area contributed by atoms with Gasteiger partial charge in [0.2, 0.25) is 0 Å². The summed E-state index contributed by atoms with van der Waals surface area (Å²) in [5.74, 6) is 1.24. The van der Waals surface area contributed by atoms with E-state index in [0.717, 1.165) is 13.0 Å². The second kappa shape index (κ2) is 3.60. The lowest BCUT2D eigenvalue weighted by atomic mass is 9.69. The first kappa shape index (κ1) is 11.6. The van der Waals surface area contributed by atoms with E-state index in [1.165, 1.54) is 17.8 Å². The molecule has 0 aliphatic carbocycles. The Labute approximate surface area is 88.5 Å². The van der Waals surface area contributed by atoms with E-state index in [-0.39, 0.29) is 10.8 Å². The predicted molar refractivity (Wildman–Crippen MR) is 61.1 cm³/mol. The van der Waals surface area contributed by atoms with E-state index in [4.69, 9.17) is 4.74 Å². The number of allylic oxidation sites excluding steroid dienone is 1. The zero-order valence-electron chi connectivity index (χ0n) is 10.5. The fourth-order valence-corrected chi connectivity index (χ4v) is 2.54. The fraction of sp³-hybridized carbons (Fsp3) is 0.846. The molecule has 0 fully saturated rings. The van der Waals surface area contributed by atoms with Crippen molar-refractivity contribution in [1.82, 2.24) is 0 Å². The van der Waals surface area contributed by atoms with Crippen LogP contribution in [0.4, 0.5) is 0 Å². The molecular weight excluding hydrogens is 172 g/mol. The molecule has 0 spiro atoms. The first-order chi connectivity index (χ1) is 6.35. The van der Waals surface area contributed by atoms with E-state index in [1.807, 2.05) is 0 Å². The van der Waals surface area contributed by atoms with Gasteiger partial charge in [0.1, 0.15) is 0 Å². The van der Waals surface area contributed by atoms with Gasteiger partial charge in [0.05, 0.1) is 12.4 Å². The van der Waals surface area contributed by atoms with Crippen LogP contribution in [-0.2, 0) is 4.74 Å². The van der Waals surface area contributed by atoms with Crippen LogP contribution in [-0.4, -0.2) is 6.61 Å². The summed E-state index contributed by atoms with van der Waals surface area (Å²) in [5.41, 5.74) is 2.05. The van der Waals surface area contributed by atoms with Crippen molar-refractivity contribution >= 4 is 0 Å². The van der Waals surface area contributed by atoms with Gasteiger partial charge in [-0.15, -0.1) is 0 Å².